The molecule has 0 fully saturated rings. The Morgan fingerprint density at radius 1 is 0.882 bits per heavy atom. The summed E-state index contributed by atoms with van der Waals surface area (Å²) in [5.41, 5.74) is 5.29. The number of aryl methyl sites for hydroxylation is 2. The lowest BCUT2D eigenvalue weighted by Crippen LogP contribution is -1.79. The zero-order valence-corrected chi connectivity index (χ0v) is 9.90. The molecule has 0 saturated heterocycles. The first-order valence-electron chi connectivity index (χ1n) is 5.67. The van der Waals surface area contributed by atoms with Gasteiger partial charge in [0.2, 0.25) is 0 Å². The second kappa shape index (κ2) is 3.74. The van der Waals surface area contributed by atoms with Gasteiger partial charge in [0.1, 0.15) is 5.69 Å². The third kappa shape index (κ3) is 1.72. The first-order chi connectivity index (χ1) is 8.24. The maximum absolute atomic E-state index is 5.36. The summed E-state index contributed by atoms with van der Waals surface area (Å²) < 4.78 is 5.36. The molecule has 0 N–H and O–H groups in total. The zero-order valence-electron chi connectivity index (χ0n) is 9.90. The number of hydrogen-bond acceptors (Lipinski definition) is 2. The fraction of sp³-hybridized carbons (Fsp3) is 0.133. The van der Waals surface area contributed by atoms with E-state index in [1.807, 2.05) is 13.0 Å². The molecular weight excluding hydrogens is 210 g/mol. The van der Waals surface area contributed by atoms with Crippen LogP contribution in [0, 0.1) is 13.8 Å². The van der Waals surface area contributed by atoms with Crippen molar-refractivity contribution in [3.05, 3.63) is 53.6 Å². The topological polar surface area (TPSA) is 26.0 Å². The third-order valence-corrected chi connectivity index (χ3v) is 2.95. The first-order valence-corrected chi connectivity index (χ1v) is 5.67. The standard InChI is InChI=1S/C15H13NO/c1-10-3-6-12(7-4-10)15-13-8-5-11(2)9-14(13)17-16-15/h3-9H,1-2H3. The molecule has 0 spiro atoms. The summed E-state index contributed by atoms with van der Waals surface area (Å²) in [6, 6.07) is 14.5. The molecule has 1 heterocycles. The third-order valence-electron chi connectivity index (χ3n) is 2.95. The lowest BCUT2D eigenvalue weighted by molar-refractivity contribution is 0.459. The SMILES string of the molecule is Cc1ccc(-c2noc3cc(C)ccc23)cc1. The van der Waals surface area contributed by atoms with Crippen LogP contribution in [0.25, 0.3) is 22.2 Å². The molecule has 0 unspecified atom stereocenters. The molecule has 0 aliphatic heterocycles. The van der Waals surface area contributed by atoms with E-state index in [1.54, 1.807) is 0 Å². The van der Waals surface area contributed by atoms with Crippen molar-refractivity contribution in [2.24, 2.45) is 0 Å². The number of rotatable bonds is 1. The highest BCUT2D eigenvalue weighted by Gasteiger charge is 2.09. The highest BCUT2D eigenvalue weighted by molar-refractivity contribution is 5.91. The minimum atomic E-state index is 0.848. The van der Waals surface area contributed by atoms with Gasteiger partial charge in [0.15, 0.2) is 5.58 Å². The van der Waals surface area contributed by atoms with E-state index in [-0.39, 0.29) is 0 Å². The van der Waals surface area contributed by atoms with E-state index < -0.39 is 0 Å². The van der Waals surface area contributed by atoms with Gasteiger partial charge in [0.25, 0.3) is 0 Å². The molecule has 1 aromatic heterocycles. The Morgan fingerprint density at radius 2 is 1.59 bits per heavy atom. The summed E-state index contributed by atoms with van der Waals surface area (Å²) in [6.07, 6.45) is 0. The lowest BCUT2D eigenvalue weighted by Gasteiger charge is -1.97. The first kappa shape index (κ1) is 10.1. The van der Waals surface area contributed by atoms with Crippen LogP contribution in [0.15, 0.2) is 47.0 Å². The van der Waals surface area contributed by atoms with Gasteiger partial charge in [-0.2, -0.15) is 0 Å². The summed E-state index contributed by atoms with van der Waals surface area (Å²) >= 11 is 0. The van der Waals surface area contributed by atoms with E-state index in [9.17, 15) is 0 Å². The van der Waals surface area contributed by atoms with Gasteiger partial charge in [-0.3, -0.25) is 0 Å². The molecule has 3 aromatic rings. The van der Waals surface area contributed by atoms with Crippen LogP contribution in [-0.4, -0.2) is 5.16 Å². The van der Waals surface area contributed by atoms with Gasteiger partial charge in [-0.25, -0.2) is 0 Å². The molecule has 0 saturated carbocycles. The molecule has 0 aliphatic carbocycles. The number of hydrogen-bond donors (Lipinski definition) is 0. The molecule has 84 valence electrons. The summed E-state index contributed by atoms with van der Waals surface area (Å²) in [7, 11) is 0. The smallest absolute Gasteiger partial charge is 0.167 e. The Hall–Kier alpha value is -2.09. The van der Waals surface area contributed by atoms with E-state index in [1.165, 1.54) is 11.1 Å². The number of nitrogens with zero attached hydrogens (tertiary/aromatic N) is 1. The van der Waals surface area contributed by atoms with E-state index in [0.717, 1.165) is 22.2 Å². The molecule has 0 amide bonds. The van der Waals surface area contributed by atoms with E-state index in [4.69, 9.17) is 4.52 Å². The second-order valence-corrected chi connectivity index (χ2v) is 4.40. The monoisotopic (exact) mass is 223 g/mol. The Morgan fingerprint density at radius 3 is 2.35 bits per heavy atom. The molecule has 2 nitrogen and oxygen atoms in total. The van der Waals surface area contributed by atoms with Crippen LogP contribution in [-0.2, 0) is 0 Å². The highest BCUT2D eigenvalue weighted by Crippen LogP contribution is 2.28. The van der Waals surface area contributed by atoms with Crippen LogP contribution in [0.2, 0.25) is 0 Å². The summed E-state index contributed by atoms with van der Waals surface area (Å²) in [4.78, 5) is 0. The largest absolute Gasteiger partial charge is 0.356 e. The van der Waals surface area contributed by atoms with Gasteiger partial charge in [-0.05, 0) is 31.5 Å². The van der Waals surface area contributed by atoms with Gasteiger partial charge in [-0.1, -0.05) is 41.1 Å². The minimum Gasteiger partial charge on any atom is -0.356 e. The Balaban J connectivity index is 2.21. The van der Waals surface area contributed by atoms with Crippen molar-refractivity contribution in [2.75, 3.05) is 0 Å². The predicted molar refractivity (Wildman–Crippen MR) is 68.9 cm³/mol. The van der Waals surface area contributed by atoms with E-state index in [0.29, 0.717) is 0 Å². The Bertz CT molecular complexity index is 665. The van der Waals surface area contributed by atoms with Gasteiger partial charge >= 0.3 is 0 Å². The Kier molecular flexibility index (Phi) is 2.22. The van der Waals surface area contributed by atoms with Gasteiger partial charge in [0, 0.05) is 10.9 Å². The second-order valence-electron chi connectivity index (χ2n) is 4.40. The molecule has 3 rings (SSSR count). The summed E-state index contributed by atoms with van der Waals surface area (Å²) in [5, 5.41) is 5.23. The van der Waals surface area contributed by atoms with Crippen LogP contribution >= 0.6 is 0 Å². The van der Waals surface area contributed by atoms with Crippen molar-refractivity contribution in [1.82, 2.24) is 5.16 Å². The van der Waals surface area contributed by atoms with Crippen molar-refractivity contribution in [3.63, 3.8) is 0 Å². The molecule has 0 atom stereocenters. The van der Waals surface area contributed by atoms with Crippen LogP contribution < -0.4 is 0 Å². The normalized spacial score (nSPS) is 10.9. The molecule has 2 aromatic carbocycles. The quantitative estimate of drug-likeness (QED) is 0.620. The van der Waals surface area contributed by atoms with Crippen LogP contribution in [0.4, 0.5) is 0 Å². The van der Waals surface area contributed by atoms with Crippen molar-refractivity contribution in [3.8, 4) is 11.3 Å². The van der Waals surface area contributed by atoms with Crippen molar-refractivity contribution >= 4 is 11.0 Å². The van der Waals surface area contributed by atoms with Crippen LogP contribution in [0.1, 0.15) is 11.1 Å². The number of benzene rings is 2. The lowest BCUT2D eigenvalue weighted by atomic mass is 10.1. The predicted octanol–water partition coefficient (Wildman–Crippen LogP) is 4.11. The maximum Gasteiger partial charge on any atom is 0.167 e. The average molecular weight is 223 g/mol. The highest BCUT2D eigenvalue weighted by atomic mass is 16.5. The number of aromatic nitrogens is 1. The number of fused-ring (bicyclic) bond motifs is 1. The fourth-order valence-corrected chi connectivity index (χ4v) is 1.96. The van der Waals surface area contributed by atoms with Crippen molar-refractivity contribution in [1.29, 1.82) is 0 Å². The minimum absolute atomic E-state index is 0.848. The fourth-order valence-electron chi connectivity index (χ4n) is 1.96. The van der Waals surface area contributed by atoms with Crippen molar-refractivity contribution in [2.45, 2.75) is 13.8 Å². The average Bonchev–Trinajstić information content (AvgIpc) is 2.73. The molecule has 0 aliphatic rings. The zero-order chi connectivity index (χ0) is 11.8. The van der Waals surface area contributed by atoms with Crippen molar-refractivity contribution < 1.29 is 4.52 Å². The van der Waals surface area contributed by atoms with Crippen LogP contribution in [0.5, 0.6) is 0 Å². The molecule has 0 bridgehead atoms. The maximum atomic E-state index is 5.36. The molecular formula is C15H13NO. The van der Waals surface area contributed by atoms with Gasteiger partial charge < -0.3 is 4.52 Å². The van der Waals surface area contributed by atoms with E-state index in [2.05, 4.69) is 48.5 Å². The molecule has 2 heteroatoms. The summed E-state index contributed by atoms with van der Waals surface area (Å²) in [6.45, 7) is 4.13. The summed E-state index contributed by atoms with van der Waals surface area (Å²) in [5.74, 6) is 0. The Labute approximate surface area is 99.9 Å². The van der Waals surface area contributed by atoms with Gasteiger partial charge in [-0.15, -0.1) is 0 Å². The molecule has 0 radical (unpaired) electrons. The molecule has 17 heavy (non-hydrogen) atoms. The van der Waals surface area contributed by atoms with Crippen LogP contribution in [0.3, 0.4) is 0 Å². The van der Waals surface area contributed by atoms with Gasteiger partial charge in [0.05, 0.1) is 0 Å². The van der Waals surface area contributed by atoms with E-state index >= 15 is 0 Å².